The maximum atomic E-state index is 12.9. The van der Waals surface area contributed by atoms with Crippen molar-refractivity contribution in [3.63, 3.8) is 0 Å². The zero-order chi connectivity index (χ0) is 17.3. The van der Waals surface area contributed by atoms with Crippen molar-refractivity contribution in [2.75, 3.05) is 26.2 Å². The number of ether oxygens (including phenoxy) is 1. The van der Waals surface area contributed by atoms with E-state index < -0.39 is 0 Å². The normalized spacial score (nSPS) is 28.0. The molecule has 2 aliphatic heterocycles. The summed E-state index contributed by atoms with van der Waals surface area (Å²) in [5.74, 6) is 0.623. The van der Waals surface area contributed by atoms with Crippen LogP contribution in [0, 0.1) is 12.8 Å². The number of rotatable bonds is 2. The predicted molar refractivity (Wildman–Crippen MR) is 88.7 cm³/mol. The molecule has 2 fully saturated rings. The van der Waals surface area contributed by atoms with Crippen molar-refractivity contribution in [3.05, 3.63) is 23.7 Å². The maximum Gasteiger partial charge on any atom is 0.257 e. The molecule has 6 nitrogen and oxygen atoms in total. The van der Waals surface area contributed by atoms with E-state index in [2.05, 4.69) is 0 Å². The van der Waals surface area contributed by atoms with Crippen LogP contribution in [0.15, 0.2) is 16.7 Å². The van der Waals surface area contributed by atoms with Crippen LogP contribution in [-0.2, 0) is 9.53 Å². The monoisotopic (exact) mass is 334 g/mol. The highest BCUT2D eigenvalue weighted by Crippen LogP contribution is 2.23. The van der Waals surface area contributed by atoms with Crippen LogP contribution in [0.3, 0.4) is 0 Å². The van der Waals surface area contributed by atoms with Crippen LogP contribution < -0.4 is 0 Å². The van der Waals surface area contributed by atoms with Gasteiger partial charge in [0, 0.05) is 26.2 Å². The number of amides is 2. The number of carbonyl (C=O) groups is 2. The van der Waals surface area contributed by atoms with Crippen LogP contribution >= 0.6 is 0 Å². The number of hydrogen-bond acceptors (Lipinski definition) is 4. The molecule has 3 heterocycles. The molecule has 1 aromatic rings. The Balaban J connectivity index is 1.66. The molecule has 2 amide bonds. The Morgan fingerprint density at radius 2 is 1.83 bits per heavy atom. The van der Waals surface area contributed by atoms with E-state index >= 15 is 0 Å². The summed E-state index contributed by atoms with van der Waals surface area (Å²) in [7, 11) is 0. The number of aryl methyl sites for hydroxylation is 1. The fourth-order valence-corrected chi connectivity index (χ4v) is 3.76. The molecule has 0 spiro atoms. The van der Waals surface area contributed by atoms with Crippen LogP contribution in [0.25, 0.3) is 0 Å². The number of furan rings is 1. The summed E-state index contributed by atoms with van der Waals surface area (Å²) < 4.78 is 10.9. The molecule has 2 aliphatic rings. The molecule has 3 atom stereocenters. The Kier molecular flexibility index (Phi) is 4.94. The van der Waals surface area contributed by atoms with Crippen LogP contribution in [0.5, 0.6) is 0 Å². The number of hydrogen-bond donors (Lipinski definition) is 0. The number of piperidine rings is 1. The lowest BCUT2D eigenvalue weighted by Crippen LogP contribution is -2.53. The summed E-state index contributed by atoms with van der Waals surface area (Å²) >= 11 is 0. The minimum atomic E-state index is -0.118. The Morgan fingerprint density at radius 1 is 1.12 bits per heavy atom. The van der Waals surface area contributed by atoms with Gasteiger partial charge in [0.1, 0.15) is 5.76 Å². The lowest BCUT2D eigenvalue weighted by atomic mass is 9.95. The molecule has 3 rings (SSSR count). The highest BCUT2D eigenvalue weighted by atomic mass is 16.5. The van der Waals surface area contributed by atoms with Crippen molar-refractivity contribution in [2.24, 2.45) is 5.92 Å². The molecule has 0 N–H and O–H groups in total. The molecule has 6 heteroatoms. The van der Waals surface area contributed by atoms with Crippen molar-refractivity contribution < 1.29 is 18.7 Å². The van der Waals surface area contributed by atoms with Crippen molar-refractivity contribution in [1.29, 1.82) is 0 Å². The Hall–Kier alpha value is -1.82. The quantitative estimate of drug-likeness (QED) is 0.831. The number of likely N-dealkylation sites (tertiary alicyclic amines) is 1. The second-order valence-corrected chi connectivity index (χ2v) is 6.98. The molecule has 0 aliphatic carbocycles. The first-order chi connectivity index (χ1) is 11.5. The second-order valence-electron chi connectivity index (χ2n) is 6.98. The third-order valence-electron chi connectivity index (χ3n) is 4.88. The van der Waals surface area contributed by atoms with Gasteiger partial charge in [-0.3, -0.25) is 9.59 Å². The van der Waals surface area contributed by atoms with Crippen LogP contribution in [0.1, 0.15) is 42.8 Å². The van der Waals surface area contributed by atoms with Gasteiger partial charge in [-0.05, 0) is 39.7 Å². The molecule has 0 bridgehead atoms. The van der Waals surface area contributed by atoms with E-state index in [0.717, 1.165) is 12.8 Å². The Morgan fingerprint density at radius 3 is 2.46 bits per heavy atom. The lowest BCUT2D eigenvalue weighted by Gasteiger charge is -2.39. The summed E-state index contributed by atoms with van der Waals surface area (Å²) in [5.41, 5.74) is 0.594. The first-order valence-electron chi connectivity index (χ1n) is 8.73. The largest absolute Gasteiger partial charge is 0.469 e. The first kappa shape index (κ1) is 17.0. The topological polar surface area (TPSA) is 63.0 Å². The summed E-state index contributed by atoms with van der Waals surface area (Å²) in [5, 5.41) is 0. The van der Waals surface area contributed by atoms with E-state index in [1.807, 2.05) is 18.7 Å². The summed E-state index contributed by atoms with van der Waals surface area (Å²) in [6.45, 7) is 8.23. The molecular formula is C18H26N2O4. The van der Waals surface area contributed by atoms with E-state index in [1.54, 1.807) is 17.9 Å². The first-order valence-corrected chi connectivity index (χ1v) is 8.73. The van der Waals surface area contributed by atoms with E-state index in [0.29, 0.717) is 37.5 Å². The van der Waals surface area contributed by atoms with Gasteiger partial charge in [-0.15, -0.1) is 0 Å². The molecule has 0 unspecified atom stereocenters. The van der Waals surface area contributed by atoms with Gasteiger partial charge in [0.25, 0.3) is 5.91 Å². The third kappa shape index (κ3) is 3.48. The highest BCUT2D eigenvalue weighted by Gasteiger charge is 2.34. The lowest BCUT2D eigenvalue weighted by molar-refractivity contribution is -0.148. The number of carbonyl (C=O) groups excluding carboxylic acids is 2. The fourth-order valence-electron chi connectivity index (χ4n) is 3.76. The van der Waals surface area contributed by atoms with Crippen LogP contribution in [0.4, 0.5) is 0 Å². The molecule has 0 radical (unpaired) electrons. The van der Waals surface area contributed by atoms with Crippen molar-refractivity contribution >= 4 is 11.8 Å². The zero-order valence-corrected chi connectivity index (χ0v) is 14.7. The van der Waals surface area contributed by atoms with E-state index in [4.69, 9.17) is 9.15 Å². The van der Waals surface area contributed by atoms with E-state index in [9.17, 15) is 9.59 Å². The van der Waals surface area contributed by atoms with Gasteiger partial charge in [-0.2, -0.15) is 0 Å². The van der Waals surface area contributed by atoms with Crippen molar-refractivity contribution in [1.82, 2.24) is 9.80 Å². The van der Waals surface area contributed by atoms with Crippen LogP contribution in [0.2, 0.25) is 0 Å². The van der Waals surface area contributed by atoms with Gasteiger partial charge in [-0.25, -0.2) is 0 Å². The third-order valence-corrected chi connectivity index (χ3v) is 4.88. The summed E-state index contributed by atoms with van der Waals surface area (Å²) in [6.07, 6.45) is 3.35. The molecule has 0 saturated carbocycles. The van der Waals surface area contributed by atoms with Gasteiger partial charge in [0.2, 0.25) is 5.91 Å². The number of nitrogens with zero attached hydrogens (tertiary/aromatic N) is 2. The van der Waals surface area contributed by atoms with E-state index in [-0.39, 0.29) is 29.9 Å². The van der Waals surface area contributed by atoms with Crippen LogP contribution in [-0.4, -0.2) is 60.0 Å². The molecule has 1 aromatic heterocycles. The van der Waals surface area contributed by atoms with Gasteiger partial charge in [-0.1, -0.05) is 0 Å². The number of morpholine rings is 1. The predicted octanol–water partition coefficient (Wildman–Crippen LogP) is 2.08. The minimum Gasteiger partial charge on any atom is -0.469 e. The van der Waals surface area contributed by atoms with Gasteiger partial charge in [0.05, 0.1) is 30.0 Å². The second kappa shape index (κ2) is 6.97. The highest BCUT2D eigenvalue weighted by molar-refractivity contribution is 5.95. The van der Waals surface area contributed by atoms with Gasteiger partial charge in [0.15, 0.2) is 0 Å². The van der Waals surface area contributed by atoms with E-state index in [1.165, 1.54) is 6.26 Å². The molecular weight excluding hydrogens is 308 g/mol. The minimum absolute atomic E-state index is 0.0394. The Labute approximate surface area is 142 Å². The molecule has 24 heavy (non-hydrogen) atoms. The summed E-state index contributed by atoms with van der Waals surface area (Å²) in [4.78, 5) is 29.2. The SMILES string of the molecule is Cc1occc1C(=O)N1CCC[C@H](C(=O)N2C[C@@H](C)O[C@H](C)C2)C1. The van der Waals surface area contributed by atoms with Gasteiger partial charge >= 0.3 is 0 Å². The molecule has 2 saturated heterocycles. The standard InChI is InChI=1S/C18H26N2O4/c1-12-9-20(10-13(2)24-12)17(21)15-5-4-7-19(11-15)18(22)16-6-8-23-14(16)3/h6,8,12-13,15H,4-5,7,9-11H2,1-3H3/t12-,13-,15+/m1/s1. The van der Waals surface area contributed by atoms with Crippen molar-refractivity contribution in [2.45, 2.75) is 45.8 Å². The smallest absolute Gasteiger partial charge is 0.257 e. The fraction of sp³-hybridized carbons (Fsp3) is 0.667. The van der Waals surface area contributed by atoms with Gasteiger partial charge < -0.3 is 19.0 Å². The zero-order valence-electron chi connectivity index (χ0n) is 14.7. The molecule has 0 aromatic carbocycles. The Bertz CT molecular complexity index is 602. The average Bonchev–Trinajstić information content (AvgIpc) is 2.98. The molecule has 132 valence electrons. The average molecular weight is 334 g/mol. The summed E-state index contributed by atoms with van der Waals surface area (Å²) in [6, 6.07) is 1.70. The maximum absolute atomic E-state index is 12.9. The van der Waals surface area contributed by atoms with Crippen molar-refractivity contribution in [3.8, 4) is 0 Å².